The van der Waals surface area contributed by atoms with Crippen molar-refractivity contribution in [2.45, 2.75) is 6.92 Å². The molecule has 0 radical (unpaired) electrons. The third kappa shape index (κ3) is 2.43. The van der Waals surface area contributed by atoms with Gasteiger partial charge in [0.1, 0.15) is 0 Å². The van der Waals surface area contributed by atoms with Crippen LogP contribution in [-0.4, -0.2) is 15.7 Å². The van der Waals surface area contributed by atoms with E-state index in [2.05, 4.69) is 5.10 Å². The molecule has 0 saturated heterocycles. The predicted molar refractivity (Wildman–Crippen MR) is 78.1 cm³/mol. The summed E-state index contributed by atoms with van der Waals surface area (Å²) < 4.78 is 1.63. The van der Waals surface area contributed by atoms with E-state index < -0.39 is 5.97 Å². The van der Waals surface area contributed by atoms with Crippen LogP contribution in [0.15, 0.2) is 60.8 Å². The van der Waals surface area contributed by atoms with Crippen LogP contribution < -0.4 is 5.11 Å². The van der Waals surface area contributed by atoms with Crippen LogP contribution >= 0.6 is 0 Å². The van der Waals surface area contributed by atoms with Gasteiger partial charge in [-0.15, -0.1) is 0 Å². The van der Waals surface area contributed by atoms with Crippen molar-refractivity contribution in [1.82, 2.24) is 9.78 Å². The fraction of sp³-hybridized carbons (Fsp3) is 0.0588. The minimum absolute atomic E-state index is 0.0858. The van der Waals surface area contributed by atoms with Crippen LogP contribution in [0.1, 0.15) is 15.9 Å². The van der Waals surface area contributed by atoms with Gasteiger partial charge < -0.3 is 9.90 Å². The Kier molecular flexibility index (Phi) is 3.28. The molecule has 0 atom stereocenters. The maximum absolute atomic E-state index is 11.3. The van der Waals surface area contributed by atoms with Gasteiger partial charge in [0, 0.05) is 11.1 Å². The number of nitrogens with zero attached hydrogens (tertiary/aromatic N) is 2. The number of benzene rings is 2. The molecule has 0 aliphatic rings. The Morgan fingerprint density at radius 2 is 1.86 bits per heavy atom. The summed E-state index contributed by atoms with van der Waals surface area (Å²) >= 11 is 0. The van der Waals surface area contributed by atoms with Crippen molar-refractivity contribution in [2.75, 3.05) is 0 Å². The number of carbonyl (C=O) groups excluding carboxylic acids is 1. The number of aromatic carboxylic acids is 1. The molecule has 3 rings (SSSR count). The van der Waals surface area contributed by atoms with Crippen LogP contribution in [0.5, 0.6) is 0 Å². The van der Waals surface area contributed by atoms with Gasteiger partial charge in [-0.1, -0.05) is 42.5 Å². The number of aromatic nitrogens is 2. The number of hydrogen-bond donors (Lipinski definition) is 0. The van der Waals surface area contributed by atoms with Crippen molar-refractivity contribution < 1.29 is 9.90 Å². The van der Waals surface area contributed by atoms with Gasteiger partial charge in [0.05, 0.1) is 23.5 Å². The van der Waals surface area contributed by atoms with E-state index in [0.717, 1.165) is 16.8 Å². The molecule has 0 aliphatic heterocycles. The molecule has 4 nitrogen and oxygen atoms in total. The van der Waals surface area contributed by atoms with E-state index in [-0.39, 0.29) is 5.56 Å². The maximum atomic E-state index is 11.3. The van der Waals surface area contributed by atoms with E-state index in [9.17, 15) is 9.90 Å². The van der Waals surface area contributed by atoms with Crippen LogP contribution in [0.2, 0.25) is 0 Å². The quantitative estimate of drug-likeness (QED) is 0.737. The van der Waals surface area contributed by atoms with Crippen LogP contribution in [0.25, 0.3) is 16.9 Å². The van der Waals surface area contributed by atoms with Gasteiger partial charge in [-0.05, 0) is 24.6 Å². The van der Waals surface area contributed by atoms with Gasteiger partial charge in [0.15, 0.2) is 0 Å². The van der Waals surface area contributed by atoms with Gasteiger partial charge in [-0.25, -0.2) is 4.68 Å². The lowest BCUT2D eigenvalue weighted by molar-refractivity contribution is -0.254. The number of aryl methyl sites for hydroxylation is 1. The molecule has 0 spiro atoms. The van der Waals surface area contributed by atoms with Gasteiger partial charge in [0.2, 0.25) is 0 Å². The highest BCUT2D eigenvalue weighted by Gasteiger charge is 2.14. The summed E-state index contributed by atoms with van der Waals surface area (Å²) in [5, 5.41) is 15.6. The van der Waals surface area contributed by atoms with Gasteiger partial charge >= 0.3 is 0 Å². The molecule has 1 aromatic heterocycles. The normalized spacial score (nSPS) is 10.5. The number of carboxylic acid groups (broad SMARTS) is 1. The second-order valence-corrected chi connectivity index (χ2v) is 4.81. The molecular weight excluding hydrogens is 264 g/mol. The average Bonchev–Trinajstić information content (AvgIpc) is 2.93. The maximum Gasteiger partial charge on any atom is 0.0831 e. The van der Waals surface area contributed by atoms with Crippen molar-refractivity contribution in [3.8, 4) is 16.9 Å². The Hall–Kier alpha value is -2.88. The van der Waals surface area contributed by atoms with Crippen molar-refractivity contribution in [3.05, 3.63) is 71.9 Å². The van der Waals surface area contributed by atoms with Crippen LogP contribution in [0.4, 0.5) is 0 Å². The zero-order chi connectivity index (χ0) is 14.8. The lowest BCUT2D eigenvalue weighted by Gasteiger charge is -2.11. The first-order valence-corrected chi connectivity index (χ1v) is 6.58. The SMILES string of the molecule is Cc1cccc(-n2ncc(C(=O)[O-])c2-c2ccccc2)c1. The molecule has 21 heavy (non-hydrogen) atoms. The van der Waals surface area contributed by atoms with Crippen LogP contribution in [0, 0.1) is 6.92 Å². The number of carboxylic acids is 1. The summed E-state index contributed by atoms with van der Waals surface area (Å²) in [7, 11) is 0. The van der Waals surface area contributed by atoms with E-state index in [4.69, 9.17) is 0 Å². The Morgan fingerprint density at radius 3 is 2.52 bits per heavy atom. The molecular formula is C17H13N2O2-. The molecule has 0 N–H and O–H groups in total. The standard InChI is InChI=1S/C17H14N2O2/c1-12-6-5-9-14(10-12)19-16(13-7-3-2-4-8-13)15(11-18-19)17(20)21/h2-11H,1H3,(H,20,21)/p-1. The summed E-state index contributed by atoms with van der Waals surface area (Å²) in [6.45, 7) is 1.98. The largest absolute Gasteiger partial charge is 0.545 e. The number of carbonyl (C=O) groups is 1. The summed E-state index contributed by atoms with van der Waals surface area (Å²) in [5.74, 6) is -1.23. The highest BCUT2D eigenvalue weighted by molar-refractivity contribution is 5.93. The first kappa shape index (κ1) is 13.1. The molecule has 0 unspecified atom stereocenters. The van der Waals surface area contributed by atoms with E-state index in [0.29, 0.717) is 5.69 Å². The highest BCUT2D eigenvalue weighted by Crippen LogP contribution is 2.26. The van der Waals surface area contributed by atoms with E-state index in [1.165, 1.54) is 6.20 Å². The first-order valence-electron chi connectivity index (χ1n) is 6.58. The van der Waals surface area contributed by atoms with Gasteiger partial charge in [0.25, 0.3) is 0 Å². The Bertz CT molecular complexity index is 792. The van der Waals surface area contributed by atoms with Crippen molar-refractivity contribution in [3.63, 3.8) is 0 Å². The average molecular weight is 277 g/mol. The van der Waals surface area contributed by atoms with E-state index in [1.54, 1.807) is 4.68 Å². The highest BCUT2D eigenvalue weighted by atomic mass is 16.4. The fourth-order valence-corrected chi connectivity index (χ4v) is 2.33. The van der Waals surface area contributed by atoms with E-state index >= 15 is 0 Å². The van der Waals surface area contributed by atoms with Crippen molar-refractivity contribution in [2.24, 2.45) is 0 Å². The van der Waals surface area contributed by atoms with Crippen molar-refractivity contribution >= 4 is 5.97 Å². The third-order valence-corrected chi connectivity index (χ3v) is 3.28. The molecule has 104 valence electrons. The van der Waals surface area contributed by atoms with Crippen LogP contribution in [0.3, 0.4) is 0 Å². The fourth-order valence-electron chi connectivity index (χ4n) is 2.33. The third-order valence-electron chi connectivity index (χ3n) is 3.28. The first-order chi connectivity index (χ1) is 10.2. The predicted octanol–water partition coefficient (Wildman–Crippen LogP) is 2.21. The lowest BCUT2D eigenvalue weighted by atomic mass is 10.1. The molecule has 3 aromatic rings. The minimum atomic E-state index is -1.23. The Morgan fingerprint density at radius 1 is 1.10 bits per heavy atom. The summed E-state index contributed by atoms with van der Waals surface area (Å²) in [4.78, 5) is 11.3. The van der Waals surface area contributed by atoms with Crippen molar-refractivity contribution in [1.29, 1.82) is 0 Å². The summed E-state index contributed by atoms with van der Waals surface area (Å²) in [5.41, 5.74) is 3.30. The molecule has 1 heterocycles. The lowest BCUT2D eigenvalue weighted by Crippen LogP contribution is -2.22. The zero-order valence-corrected chi connectivity index (χ0v) is 11.5. The molecule has 0 saturated carbocycles. The molecule has 0 bridgehead atoms. The topological polar surface area (TPSA) is 58.0 Å². The second-order valence-electron chi connectivity index (χ2n) is 4.81. The molecule has 4 heteroatoms. The zero-order valence-electron chi connectivity index (χ0n) is 11.5. The summed E-state index contributed by atoms with van der Waals surface area (Å²) in [6.07, 6.45) is 1.33. The molecule has 0 aliphatic carbocycles. The van der Waals surface area contributed by atoms with Gasteiger partial charge in [-0.2, -0.15) is 5.10 Å². The molecule has 0 fully saturated rings. The Balaban J connectivity index is 2.25. The van der Waals surface area contributed by atoms with Gasteiger partial charge in [-0.3, -0.25) is 0 Å². The molecule has 2 aromatic carbocycles. The minimum Gasteiger partial charge on any atom is -0.545 e. The molecule has 0 amide bonds. The Labute approximate surface area is 122 Å². The number of rotatable bonds is 3. The smallest absolute Gasteiger partial charge is 0.0831 e. The number of hydrogen-bond acceptors (Lipinski definition) is 3. The van der Waals surface area contributed by atoms with Crippen LogP contribution in [-0.2, 0) is 0 Å². The summed E-state index contributed by atoms with van der Waals surface area (Å²) in [6, 6.07) is 17.1. The monoisotopic (exact) mass is 277 g/mol. The van der Waals surface area contributed by atoms with E-state index in [1.807, 2.05) is 61.5 Å². The second kappa shape index (κ2) is 5.25.